The number of rotatable bonds is 9. The molecule has 3 rings (SSSR count). The molecule has 0 aliphatic carbocycles. The van der Waals surface area contributed by atoms with E-state index in [0.29, 0.717) is 51.8 Å². The van der Waals surface area contributed by atoms with Crippen molar-refractivity contribution in [3.63, 3.8) is 0 Å². The van der Waals surface area contributed by atoms with Gasteiger partial charge in [-0.2, -0.15) is 0 Å². The highest BCUT2D eigenvalue weighted by atomic mass is 16.7. The molecule has 2 aromatic heterocycles. The van der Waals surface area contributed by atoms with E-state index < -0.39 is 17.8 Å². The smallest absolute Gasteiger partial charge is 0.410 e. The highest BCUT2D eigenvalue weighted by Crippen LogP contribution is 2.19. The first-order valence-corrected chi connectivity index (χ1v) is 11.8. The fourth-order valence-electron chi connectivity index (χ4n) is 3.47. The van der Waals surface area contributed by atoms with E-state index in [2.05, 4.69) is 25.5 Å². The van der Waals surface area contributed by atoms with Crippen molar-refractivity contribution in [3.05, 3.63) is 30.2 Å². The maximum atomic E-state index is 12.6. The fourth-order valence-corrected chi connectivity index (χ4v) is 3.47. The number of piperazine rings is 1. The summed E-state index contributed by atoms with van der Waals surface area (Å²) < 4.78 is 18.0. The van der Waals surface area contributed by atoms with Gasteiger partial charge in [-0.15, -0.1) is 5.10 Å². The van der Waals surface area contributed by atoms with Gasteiger partial charge in [-0.3, -0.25) is 4.79 Å². The number of nitrogens with one attached hydrogen (secondary N) is 1. The Balaban J connectivity index is 1.51. The number of amides is 2. The Bertz CT molecular complexity index is 959. The van der Waals surface area contributed by atoms with E-state index in [9.17, 15) is 9.59 Å². The largest absolute Gasteiger partial charge is 0.444 e. The molecule has 2 aromatic rings. The Morgan fingerprint density at radius 1 is 1.09 bits per heavy atom. The van der Waals surface area contributed by atoms with E-state index in [0.717, 1.165) is 5.69 Å². The summed E-state index contributed by atoms with van der Waals surface area (Å²) in [7, 11) is 0. The van der Waals surface area contributed by atoms with Crippen molar-refractivity contribution in [2.45, 2.75) is 53.1 Å². The standard InChI is InChI=1S/C23H35N7O5/c1-6-33-20(34-7-2)16-30-15-18(26-27-30)21(31)25-19-9-8-17(14-24-19)28-10-12-29(13-11-28)22(32)35-23(3,4)5/h8-9,14-15,20H,6-7,10-13,16H2,1-5H3,(H,24,25,31). The summed E-state index contributed by atoms with van der Waals surface area (Å²) in [6, 6.07) is 3.62. The number of anilines is 2. The van der Waals surface area contributed by atoms with E-state index in [1.165, 1.54) is 4.68 Å². The average molecular weight is 490 g/mol. The van der Waals surface area contributed by atoms with Gasteiger partial charge in [-0.05, 0) is 46.8 Å². The van der Waals surface area contributed by atoms with Crippen LogP contribution >= 0.6 is 0 Å². The van der Waals surface area contributed by atoms with Crippen LogP contribution in [0.3, 0.4) is 0 Å². The van der Waals surface area contributed by atoms with Crippen molar-refractivity contribution in [3.8, 4) is 0 Å². The zero-order valence-electron chi connectivity index (χ0n) is 21.1. The quantitative estimate of drug-likeness (QED) is 0.529. The Morgan fingerprint density at radius 3 is 2.34 bits per heavy atom. The number of pyridine rings is 1. The van der Waals surface area contributed by atoms with Crippen molar-refractivity contribution in [1.29, 1.82) is 0 Å². The van der Waals surface area contributed by atoms with Crippen molar-refractivity contribution < 1.29 is 23.8 Å². The summed E-state index contributed by atoms with van der Waals surface area (Å²) in [4.78, 5) is 33.0. The minimum Gasteiger partial charge on any atom is -0.444 e. The number of nitrogens with zero attached hydrogens (tertiary/aromatic N) is 6. The Morgan fingerprint density at radius 2 is 1.77 bits per heavy atom. The third kappa shape index (κ3) is 7.89. The molecule has 1 fully saturated rings. The molecule has 0 radical (unpaired) electrons. The van der Waals surface area contributed by atoms with Gasteiger partial charge in [-0.1, -0.05) is 5.21 Å². The van der Waals surface area contributed by atoms with E-state index in [1.54, 1.807) is 23.4 Å². The molecule has 2 amide bonds. The van der Waals surface area contributed by atoms with Gasteiger partial charge in [0.25, 0.3) is 5.91 Å². The third-order valence-corrected chi connectivity index (χ3v) is 5.10. The first-order chi connectivity index (χ1) is 16.7. The average Bonchev–Trinajstić information content (AvgIpc) is 3.28. The fraction of sp³-hybridized carbons (Fsp3) is 0.609. The number of carbonyl (C=O) groups excluding carboxylic acids is 2. The van der Waals surface area contributed by atoms with Crippen LogP contribution in [0.1, 0.15) is 45.1 Å². The van der Waals surface area contributed by atoms with Crippen molar-refractivity contribution in [2.24, 2.45) is 0 Å². The molecule has 1 N–H and O–H groups in total. The molecule has 0 saturated carbocycles. The number of ether oxygens (including phenoxy) is 3. The third-order valence-electron chi connectivity index (χ3n) is 5.10. The minimum atomic E-state index is -0.512. The second-order valence-electron chi connectivity index (χ2n) is 8.98. The minimum absolute atomic E-state index is 0.167. The Hall–Kier alpha value is -3.25. The number of carbonyl (C=O) groups is 2. The molecule has 0 aromatic carbocycles. The summed E-state index contributed by atoms with van der Waals surface area (Å²) in [5.41, 5.74) is 0.568. The lowest BCUT2D eigenvalue weighted by atomic mass is 10.2. The lowest BCUT2D eigenvalue weighted by Gasteiger charge is -2.36. The second-order valence-corrected chi connectivity index (χ2v) is 8.98. The topological polar surface area (TPSA) is 124 Å². The van der Waals surface area contributed by atoms with Crippen molar-refractivity contribution in [1.82, 2.24) is 24.9 Å². The van der Waals surface area contributed by atoms with E-state index in [-0.39, 0.29) is 11.8 Å². The highest BCUT2D eigenvalue weighted by molar-refractivity contribution is 6.02. The van der Waals surface area contributed by atoms with Crippen LogP contribution in [0.2, 0.25) is 0 Å². The first-order valence-electron chi connectivity index (χ1n) is 11.8. The number of aromatic nitrogens is 4. The number of hydrogen-bond donors (Lipinski definition) is 1. The predicted molar refractivity (Wildman–Crippen MR) is 129 cm³/mol. The lowest BCUT2D eigenvalue weighted by molar-refractivity contribution is -0.145. The summed E-state index contributed by atoms with van der Waals surface area (Å²) in [6.07, 6.45) is 2.49. The molecule has 12 nitrogen and oxygen atoms in total. The van der Waals surface area contributed by atoms with Gasteiger partial charge in [0.15, 0.2) is 12.0 Å². The van der Waals surface area contributed by atoms with Crippen LogP contribution in [0.25, 0.3) is 0 Å². The van der Waals surface area contributed by atoms with Crippen LogP contribution in [0, 0.1) is 0 Å². The summed E-state index contributed by atoms with van der Waals surface area (Å²) in [6.45, 7) is 13.1. The zero-order chi connectivity index (χ0) is 25.4. The van der Waals surface area contributed by atoms with E-state index >= 15 is 0 Å². The summed E-state index contributed by atoms with van der Waals surface area (Å²) in [5.74, 6) is -0.00551. The van der Waals surface area contributed by atoms with Gasteiger partial charge in [0.2, 0.25) is 0 Å². The molecule has 0 atom stereocenters. The molecule has 0 bridgehead atoms. The highest BCUT2D eigenvalue weighted by Gasteiger charge is 2.26. The molecular weight excluding hydrogens is 454 g/mol. The van der Waals surface area contributed by atoms with Crippen LogP contribution in [0.4, 0.5) is 16.3 Å². The second kappa shape index (κ2) is 11.9. The molecule has 0 unspecified atom stereocenters. The van der Waals surface area contributed by atoms with Crippen LogP contribution in [-0.2, 0) is 20.8 Å². The maximum Gasteiger partial charge on any atom is 0.410 e. The summed E-state index contributed by atoms with van der Waals surface area (Å²) in [5, 5.41) is 10.6. The van der Waals surface area contributed by atoms with Gasteiger partial charge in [0, 0.05) is 39.4 Å². The molecule has 35 heavy (non-hydrogen) atoms. The van der Waals surface area contributed by atoms with Crippen LogP contribution < -0.4 is 10.2 Å². The van der Waals surface area contributed by atoms with E-state index in [1.807, 2.05) is 40.7 Å². The molecule has 0 spiro atoms. The zero-order valence-corrected chi connectivity index (χ0v) is 21.1. The lowest BCUT2D eigenvalue weighted by Crippen LogP contribution is -2.50. The normalized spacial score (nSPS) is 14.3. The first kappa shape index (κ1) is 26.4. The molecule has 1 aliphatic heterocycles. The van der Waals surface area contributed by atoms with Crippen molar-refractivity contribution >= 4 is 23.5 Å². The maximum absolute atomic E-state index is 12.6. The molecular formula is C23H35N7O5. The Labute approximate surface area is 205 Å². The van der Waals surface area contributed by atoms with Gasteiger partial charge >= 0.3 is 6.09 Å². The predicted octanol–water partition coefficient (Wildman–Crippen LogP) is 2.38. The van der Waals surface area contributed by atoms with Crippen molar-refractivity contribution in [2.75, 3.05) is 49.6 Å². The van der Waals surface area contributed by atoms with E-state index in [4.69, 9.17) is 14.2 Å². The van der Waals surface area contributed by atoms with Crippen LogP contribution in [-0.4, -0.2) is 88.2 Å². The van der Waals surface area contributed by atoms with Gasteiger partial charge in [-0.25, -0.2) is 14.5 Å². The monoisotopic (exact) mass is 489 g/mol. The molecule has 1 saturated heterocycles. The molecule has 3 heterocycles. The Kier molecular flexibility index (Phi) is 8.99. The molecule has 1 aliphatic rings. The SMILES string of the molecule is CCOC(Cn1cc(C(=O)Nc2ccc(N3CCN(C(=O)OC(C)(C)C)CC3)cn2)nn1)OCC. The van der Waals surface area contributed by atoms with Gasteiger partial charge in [0.05, 0.1) is 24.6 Å². The van der Waals surface area contributed by atoms with Gasteiger partial charge in [0.1, 0.15) is 11.4 Å². The van der Waals surface area contributed by atoms with Crippen LogP contribution in [0.15, 0.2) is 24.5 Å². The van der Waals surface area contributed by atoms with Gasteiger partial charge < -0.3 is 29.3 Å². The molecule has 192 valence electrons. The van der Waals surface area contributed by atoms with Crippen LogP contribution in [0.5, 0.6) is 0 Å². The summed E-state index contributed by atoms with van der Waals surface area (Å²) >= 11 is 0. The number of hydrogen-bond acceptors (Lipinski definition) is 9. The molecule has 12 heteroatoms.